The predicted molar refractivity (Wildman–Crippen MR) is 73.3 cm³/mol. The van der Waals surface area contributed by atoms with Gasteiger partial charge in [-0.15, -0.1) is 11.3 Å². The molecule has 0 aromatic carbocycles. The average molecular weight is 249 g/mol. The molecule has 0 aliphatic heterocycles. The number of nitrogens with zero attached hydrogens (tertiary/aromatic N) is 1. The lowest BCUT2D eigenvalue weighted by Gasteiger charge is -2.15. The lowest BCUT2D eigenvalue weighted by molar-refractivity contribution is 0.487. The Morgan fingerprint density at radius 1 is 1.47 bits per heavy atom. The van der Waals surface area contributed by atoms with Crippen LogP contribution in [0, 0.1) is 12.8 Å². The summed E-state index contributed by atoms with van der Waals surface area (Å²) in [7, 11) is 0. The first-order chi connectivity index (χ1) is 8.13. The van der Waals surface area contributed by atoms with Gasteiger partial charge in [0.2, 0.25) is 0 Å². The van der Waals surface area contributed by atoms with Gasteiger partial charge in [-0.1, -0.05) is 19.9 Å². The molecule has 0 saturated carbocycles. The first kappa shape index (κ1) is 12.3. The van der Waals surface area contributed by atoms with E-state index in [1.165, 1.54) is 4.88 Å². The largest absolute Gasteiger partial charge is 0.345 e. The van der Waals surface area contributed by atoms with Crippen molar-refractivity contribution in [1.29, 1.82) is 0 Å². The Kier molecular flexibility index (Phi) is 3.64. The molecule has 92 valence electrons. The van der Waals surface area contributed by atoms with Gasteiger partial charge in [0, 0.05) is 18.2 Å². The lowest BCUT2D eigenvalue weighted by atomic mass is 9.95. The number of hydrogen-bond donors (Lipinski definition) is 2. The fraction of sp³-hybridized carbons (Fsp3) is 0.462. The topological polar surface area (TPSA) is 54.7 Å². The molecule has 17 heavy (non-hydrogen) atoms. The molecule has 0 fully saturated rings. The van der Waals surface area contributed by atoms with Gasteiger partial charge in [0.15, 0.2) is 0 Å². The van der Waals surface area contributed by atoms with Crippen molar-refractivity contribution in [2.45, 2.75) is 26.7 Å². The molecule has 2 rings (SSSR count). The Hall–Kier alpha value is -1.13. The van der Waals surface area contributed by atoms with E-state index in [2.05, 4.69) is 43.3 Å². The summed E-state index contributed by atoms with van der Waals surface area (Å²) in [6, 6.07) is 4.15. The lowest BCUT2D eigenvalue weighted by Crippen LogP contribution is -2.19. The molecule has 0 spiro atoms. The molecular weight excluding hydrogens is 230 g/mol. The molecule has 2 heterocycles. The van der Waals surface area contributed by atoms with Crippen LogP contribution >= 0.6 is 11.3 Å². The van der Waals surface area contributed by atoms with Crippen molar-refractivity contribution >= 4 is 11.3 Å². The molecule has 0 aliphatic carbocycles. The molecule has 0 bridgehead atoms. The number of imidazole rings is 1. The first-order valence-corrected chi connectivity index (χ1v) is 6.82. The van der Waals surface area contributed by atoms with Gasteiger partial charge in [0.05, 0.1) is 4.88 Å². The van der Waals surface area contributed by atoms with Crippen molar-refractivity contribution in [2.75, 3.05) is 6.54 Å². The van der Waals surface area contributed by atoms with Gasteiger partial charge in [0.25, 0.3) is 0 Å². The zero-order valence-electron chi connectivity index (χ0n) is 10.5. The summed E-state index contributed by atoms with van der Waals surface area (Å²) in [4.78, 5) is 9.31. The zero-order chi connectivity index (χ0) is 12.4. The monoisotopic (exact) mass is 249 g/mol. The fourth-order valence-corrected chi connectivity index (χ4v) is 2.78. The Balaban J connectivity index is 2.36. The summed E-state index contributed by atoms with van der Waals surface area (Å²) in [5, 5.41) is 2.08. The second kappa shape index (κ2) is 5.02. The number of hydrogen-bond acceptors (Lipinski definition) is 3. The third-order valence-corrected chi connectivity index (χ3v) is 3.94. The van der Waals surface area contributed by atoms with Crippen LogP contribution in [0.1, 0.15) is 31.3 Å². The van der Waals surface area contributed by atoms with Crippen LogP contribution in [0.2, 0.25) is 0 Å². The number of aromatic amines is 1. The number of nitrogens with two attached hydrogens (primary N) is 1. The van der Waals surface area contributed by atoms with Gasteiger partial charge in [-0.05, 0) is 24.3 Å². The molecule has 4 heteroatoms. The van der Waals surface area contributed by atoms with E-state index < -0.39 is 0 Å². The molecule has 2 aromatic heterocycles. The van der Waals surface area contributed by atoms with Crippen LogP contribution in [0.15, 0.2) is 17.5 Å². The standard InChI is InChI=1S/C13H19N3S/c1-8(2)10(7-14)13-15-9(3)12(16-13)11-5-4-6-17-11/h4-6,8,10H,7,14H2,1-3H3,(H,15,16). The van der Waals surface area contributed by atoms with Gasteiger partial charge >= 0.3 is 0 Å². The van der Waals surface area contributed by atoms with Gasteiger partial charge < -0.3 is 10.7 Å². The van der Waals surface area contributed by atoms with E-state index in [0.717, 1.165) is 17.2 Å². The highest BCUT2D eigenvalue weighted by molar-refractivity contribution is 7.13. The highest BCUT2D eigenvalue weighted by Gasteiger charge is 2.19. The summed E-state index contributed by atoms with van der Waals surface area (Å²) in [5.74, 6) is 1.83. The third-order valence-electron chi connectivity index (χ3n) is 3.07. The van der Waals surface area contributed by atoms with Crippen LogP contribution in [0.25, 0.3) is 10.6 Å². The van der Waals surface area contributed by atoms with E-state index in [0.29, 0.717) is 18.4 Å². The van der Waals surface area contributed by atoms with Crippen molar-refractivity contribution in [3.63, 3.8) is 0 Å². The Morgan fingerprint density at radius 2 is 2.24 bits per heavy atom. The van der Waals surface area contributed by atoms with Crippen LogP contribution in [0.5, 0.6) is 0 Å². The maximum atomic E-state index is 5.83. The second-order valence-corrected chi connectivity index (χ2v) is 5.61. The minimum absolute atomic E-state index is 0.308. The van der Waals surface area contributed by atoms with Crippen molar-refractivity contribution in [1.82, 2.24) is 9.97 Å². The molecular formula is C13H19N3S. The summed E-state index contributed by atoms with van der Waals surface area (Å²) in [5.41, 5.74) is 8.02. The first-order valence-electron chi connectivity index (χ1n) is 5.94. The summed E-state index contributed by atoms with van der Waals surface area (Å²) in [6.45, 7) is 7.06. The number of aromatic nitrogens is 2. The second-order valence-electron chi connectivity index (χ2n) is 4.66. The normalized spacial score (nSPS) is 13.2. The molecule has 0 aliphatic rings. The van der Waals surface area contributed by atoms with E-state index in [1.807, 2.05) is 0 Å². The van der Waals surface area contributed by atoms with E-state index >= 15 is 0 Å². The Morgan fingerprint density at radius 3 is 2.76 bits per heavy atom. The van der Waals surface area contributed by atoms with Crippen LogP contribution in [0.3, 0.4) is 0 Å². The number of H-pyrrole nitrogens is 1. The van der Waals surface area contributed by atoms with Crippen LogP contribution in [0.4, 0.5) is 0 Å². The minimum Gasteiger partial charge on any atom is -0.345 e. The van der Waals surface area contributed by atoms with Crippen molar-refractivity contribution in [2.24, 2.45) is 11.7 Å². The number of aryl methyl sites for hydroxylation is 1. The smallest absolute Gasteiger partial charge is 0.111 e. The third kappa shape index (κ3) is 2.42. The Labute approximate surface area is 106 Å². The average Bonchev–Trinajstić information content (AvgIpc) is 2.87. The fourth-order valence-electron chi connectivity index (χ4n) is 2.01. The van der Waals surface area contributed by atoms with E-state index in [-0.39, 0.29) is 0 Å². The summed E-state index contributed by atoms with van der Waals surface area (Å²) < 4.78 is 0. The molecule has 0 radical (unpaired) electrons. The molecule has 3 N–H and O–H groups in total. The predicted octanol–water partition coefficient (Wildman–Crippen LogP) is 3.14. The van der Waals surface area contributed by atoms with E-state index in [9.17, 15) is 0 Å². The summed E-state index contributed by atoms with van der Waals surface area (Å²) >= 11 is 1.72. The zero-order valence-corrected chi connectivity index (χ0v) is 11.3. The molecule has 3 nitrogen and oxygen atoms in total. The molecule has 0 amide bonds. The van der Waals surface area contributed by atoms with Crippen molar-refractivity contribution in [3.8, 4) is 10.6 Å². The number of thiophene rings is 1. The van der Waals surface area contributed by atoms with Crippen LogP contribution in [-0.2, 0) is 0 Å². The quantitative estimate of drug-likeness (QED) is 0.874. The Bertz CT molecular complexity index is 471. The van der Waals surface area contributed by atoms with Gasteiger partial charge in [-0.2, -0.15) is 0 Å². The van der Waals surface area contributed by atoms with Crippen LogP contribution < -0.4 is 5.73 Å². The maximum absolute atomic E-state index is 5.83. The van der Waals surface area contributed by atoms with E-state index in [4.69, 9.17) is 10.7 Å². The van der Waals surface area contributed by atoms with Gasteiger partial charge in [-0.3, -0.25) is 0 Å². The van der Waals surface area contributed by atoms with E-state index in [1.54, 1.807) is 11.3 Å². The molecule has 0 saturated heterocycles. The highest BCUT2D eigenvalue weighted by Crippen LogP contribution is 2.29. The SMILES string of the molecule is Cc1[nH]c(C(CN)C(C)C)nc1-c1cccs1. The maximum Gasteiger partial charge on any atom is 0.111 e. The number of nitrogens with one attached hydrogen (secondary N) is 1. The molecule has 2 aromatic rings. The van der Waals surface area contributed by atoms with Crippen molar-refractivity contribution in [3.05, 3.63) is 29.0 Å². The van der Waals surface area contributed by atoms with Crippen LogP contribution in [-0.4, -0.2) is 16.5 Å². The van der Waals surface area contributed by atoms with Crippen molar-refractivity contribution < 1.29 is 0 Å². The minimum atomic E-state index is 0.308. The summed E-state index contributed by atoms with van der Waals surface area (Å²) in [6.07, 6.45) is 0. The highest BCUT2D eigenvalue weighted by atomic mass is 32.1. The molecule has 1 unspecified atom stereocenters. The van der Waals surface area contributed by atoms with Gasteiger partial charge in [0.1, 0.15) is 11.5 Å². The molecule has 1 atom stereocenters. The number of rotatable bonds is 4. The van der Waals surface area contributed by atoms with Gasteiger partial charge in [-0.25, -0.2) is 4.98 Å².